The molecule has 0 amide bonds. The lowest BCUT2D eigenvalue weighted by molar-refractivity contribution is -0.927. The van der Waals surface area contributed by atoms with Crippen LogP contribution in [0.2, 0.25) is 0 Å². The van der Waals surface area contributed by atoms with Crippen LogP contribution in [0.1, 0.15) is 6.42 Å². The monoisotopic (exact) mass is 122 g/mol. The number of nitrogens with zero attached hydrogens (tertiary/aromatic N) is 1. The van der Waals surface area contributed by atoms with E-state index in [4.69, 9.17) is 0 Å². The van der Waals surface area contributed by atoms with Crippen LogP contribution >= 0.6 is 12.4 Å². The van der Waals surface area contributed by atoms with Gasteiger partial charge in [-0.1, -0.05) is 0 Å². The minimum absolute atomic E-state index is 0. The molecular weight excluding hydrogens is 110 g/mol. The van der Waals surface area contributed by atoms with Crippen LogP contribution in [0.15, 0.2) is 0 Å². The maximum absolute atomic E-state index is 2.27. The van der Waals surface area contributed by atoms with E-state index >= 15 is 0 Å². The molecule has 0 aromatic rings. The number of hydrogen-bond donors (Lipinski definition) is 0. The van der Waals surface area contributed by atoms with E-state index in [0.717, 1.165) is 0 Å². The summed E-state index contributed by atoms with van der Waals surface area (Å²) in [4.78, 5) is 0. The molecule has 1 aliphatic rings. The zero-order valence-electron chi connectivity index (χ0n) is 4.98. The second-order valence-electron chi connectivity index (χ2n) is 2.74. The molecule has 1 aliphatic heterocycles. The largest absolute Gasteiger partial charge is 0.328 e. The normalized spacial score (nSPS) is 24.9. The summed E-state index contributed by atoms with van der Waals surface area (Å²) in [6, 6.07) is 0. The summed E-state index contributed by atoms with van der Waals surface area (Å²) >= 11 is 0. The van der Waals surface area contributed by atoms with Crippen molar-refractivity contribution >= 4 is 12.4 Å². The highest BCUT2D eigenvalue weighted by Crippen LogP contribution is 2.10. The number of halogens is 1. The van der Waals surface area contributed by atoms with Crippen LogP contribution < -0.4 is 0 Å². The Hall–Kier alpha value is 0.250. The van der Waals surface area contributed by atoms with Crippen molar-refractivity contribution in [2.45, 2.75) is 6.42 Å². The number of quaternary nitrogens is 1. The molecule has 0 bridgehead atoms. The quantitative estimate of drug-likeness (QED) is 0.419. The summed E-state index contributed by atoms with van der Waals surface area (Å²) < 4.78 is 1.25. The van der Waals surface area contributed by atoms with Crippen molar-refractivity contribution in [3.8, 4) is 0 Å². The average molecular weight is 123 g/mol. The molecule has 0 N–H and O–H groups in total. The highest BCUT2D eigenvalue weighted by atomic mass is 35.5. The first-order valence-corrected chi connectivity index (χ1v) is 2.53. The first-order valence-electron chi connectivity index (χ1n) is 2.53. The fraction of sp³-hybridized carbons (Fsp3) is 1.00. The SMILES string of the molecule is C[N+]1(C)CCC1.Cl. The standard InChI is InChI=1S/C5H12N.ClH/c1-6(2)4-3-5-6;/h3-5H2,1-2H3;1H/q+1;. The van der Waals surface area contributed by atoms with Gasteiger partial charge < -0.3 is 4.48 Å². The lowest BCUT2D eigenvalue weighted by Crippen LogP contribution is -2.50. The van der Waals surface area contributed by atoms with Gasteiger partial charge in [0.25, 0.3) is 0 Å². The summed E-state index contributed by atoms with van der Waals surface area (Å²) in [7, 11) is 4.53. The van der Waals surface area contributed by atoms with Crippen molar-refractivity contribution in [1.29, 1.82) is 0 Å². The van der Waals surface area contributed by atoms with Crippen LogP contribution in [0.4, 0.5) is 0 Å². The van der Waals surface area contributed by atoms with Gasteiger partial charge >= 0.3 is 0 Å². The molecule has 0 radical (unpaired) electrons. The molecule has 0 aliphatic carbocycles. The van der Waals surface area contributed by atoms with Crippen molar-refractivity contribution in [3.63, 3.8) is 0 Å². The van der Waals surface area contributed by atoms with E-state index in [0.29, 0.717) is 0 Å². The lowest BCUT2D eigenvalue weighted by atomic mass is 10.2. The summed E-state index contributed by atoms with van der Waals surface area (Å²) in [6.45, 7) is 2.78. The van der Waals surface area contributed by atoms with Crippen molar-refractivity contribution in [2.75, 3.05) is 27.2 Å². The average Bonchev–Trinajstić information content (AvgIpc) is 1.32. The number of likely N-dealkylation sites (tertiary alicyclic amines) is 1. The van der Waals surface area contributed by atoms with E-state index in [1.54, 1.807) is 0 Å². The zero-order valence-corrected chi connectivity index (χ0v) is 5.79. The van der Waals surface area contributed by atoms with E-state index < -0.39 is 0 Å². The van der Waals surface area contributed by atoms with Gasteiger partial charge in [-0.25, -0.2) is 0 Å². The van der Waals surface area contributed by atoms with Crippen molar-refractivity contribution in [2.24, 2.45) is 0 Å². The third-order valence-electron chi connectivity index (χ3n) is 1.53. The predicted octanol–water partition coefficient (Wildman–Crippen LogP) is 0.888. The van der Waals surface area contributed by atoms with Gasteiger partial charge in [-0.15, -0.1) is 12.4 Å². The second-order valence-corrected chi connectivity index (χ2v) is 2.74. The number of hydrogen-bond acceptors (Lipinski definition) is 0. The van der Waals surface area contributed by atoms with E-state index in [1.807, 2.05) is 0 Å². The van der Waals surface area contributed by atoms with Gasteiger partial charge in [-0.05, 0) is 0 Å². The Bertz CT molecular complexity index is 55.1. The molecule has 0 aromatic heterocycles. The van der Waals surface area contributed by atoms with Crippen LogP contribution in [0.5, 0.6) is 0 Å². The maximum atomic E-state index is 2.27. The number of rotatable bonds is 0. The van der Waals surface area contributed by atoms with Crippen LogP contribution in [0, 0.1) is 0 Å². The highest BCUT2D eigenvalue weighted by molar-refractivity contribution is 5.85. The molecule has 44 valence electrons. The van der Waals surface area contributed by atoms with E-state index in [-0.39, 0.29) is 12.4 Å². The smallest absolute Gasteiger partial charge is 0.0836 e. The highest BCUT2D eigenvalue weighted by Gasteiger charge is 2.23. The molecule has 0 atom stereocenters. The topological polar surface area (TPSA) is 0 Å². The van der Waals surface area contributed by atoms with Gasteiger partial charge in [0.1, 0.15) is 0 Å². The first kappa shape index (κ1) is 7.25. The Morgan fingerprint density at radius 3 is 1.43 bits per heavy atom. The summed E-state index contributed by atoms with van der Waals surface area (Å²) in [5.74, 6) is 0. The summed E-state index contributed by atoms with van der Waals surface area (Å²) in [5.41, 5.74) is 0. The van der Waals surface area contributed by atoms with Gasteiger partial charge in [-0.2, -0.15) is 0 Å². The van der Waals surface area contributed by atoms with E-state index in [2.05, 4.69) is 14.1 Å². The van der Waals surface area contributed by atoms with Gasteiger partial charge in [-0.3, -0.25) is 0 Å². The molecule has 0 aromatic carbocycles. The third kappa shape index (κ3) is 1.66. The zero-order chi connectivity index (χ0) is 4.62. The minimum Gasteiger partial charge on any atom is -0.328 e. The van der Waals surface area contributed by atoms with Gasteiger partial charge in [0.2, 0.25) is 0 Å². The summed E-state index contributed by atoms with van der Waals surface area (Å²) in [5, 5.41) is 0. The molecule has 1 saturated heterocycles. The molecule has 1 heterocycles. The fourth-order valence-electron chi connectivity index (χ4n) is 0.791. The third-order valence-corrected chi connectivity index (χ3v) is 1.53. The molecule has 1 nitrogen and oxygen atoms in total. The first-order chi connectivity index (χ1) is 2.71. The molecular formula is C5H13ClN+. The lowest BCUT2D eigenvalue weighted by Gasteiger charge is -2.37. The minimum atomic E-state index is 0. The van der Waals surface area contributed by atoms with Crippen LogP contribution in [-0.4, -0.2) is 31.7 Å². The Balaban J connectivity index is 0.000000360. The van der Waals surface area contributed by atoms with Crippen LogP contribution in [0.3, 0.4) is 0 Å². The Morgan fingerprint density at radius 1 is 1.14 bits per heavy atom. The fourth-order valence-corrected chi connectivity index (χ4v) is 0.791. The Kier molecular flexibility index (Phi) is 2.09. The molecule has 7 heavy (non-hydrogen) atoms. The Morgan fingerprint density at radius 2 is 1.43 bits per heavy atom. The Labute approximate surface area is 51.3 Å². The molecule has 0 saturated carbocycles. The van der Waals surface area contributed by atoms with Crippen molar-refractivity contribution in [1.82, 2.24) is 0 Å². The van der Waals surface area contributed by atoms with Crippen LogP contribution in [-0.2, 0) is 0 Å². The predicted molar refractivity (Wildman–Crippen MR) is 33.7 cm³/mol. The summed E-state index contributed by atoms with van der Waals surface area (Å²) in [6.07, 6.45) is 1.44. The molecule has 2 heteroatoms. The maximum Gasteiger partial charge on any atom is 0.0836 e. The van der Waals surface area contributed by atoms with Gasteiger partial charge in [0.15, 0.2) is 0 Å². The van der Waals surface area contributed by atoms with Crippen LogP contribution in [0.25, 0.3) is 0 Å². The van der Waals surface area contributed by atoms with E-state index in [9.17, 15) is 0 Å². The van der Waals surface area contributed by atoms with Gasteiger partial charge in [0.05, 0.1) is 27.2 Å². The van der Waals surface area contributed by atoms with E-state index in [1.165, 1.54) is 24.0 Å². The molecule has 1 fully saturated rings. The van der Waals surface area contributed by atoms with Gasteiger partial charge in [0, 0.05) is 6.42 Å². The molecule has 0 unspecified atom stereocenters. The molecule has 1 rings (SSSR count). The molecule has 0 spiro atoms. The van der Waals surface area contributed by atoms with Crippen molar-refractivity contribution in [3.05, 3.63) is 0 Å². The van der Waals surface area contributed by atoms with Crippen molar-refractivity contribution < 1.29 is 4.48 Å². The second kappa shape index (κ2) is 2.01.